The standard InChI is InChI=1S/C24H20ClN5O2/c1-16-7-8-21(28-23(31)15-32-19-6-2-5-18(25)13-19)22(12-16)30-24-27-11-9-20(29-24)17-4-3-10-26-14-17/h2-14H,15H2,1H3,(H,28,31)(H,27,29,30). The molecule has 32 heavy (non-hydrogen) atoms. The minimum atomic E-state index is -0.304. The summed E-state index contributed by atoms with van der Waals surface area (Å²) in [6.07, 6.45) is 5.12. The van der Waals surface area contributed by atoms with Gasteiger partial charge in [-0.2, -0.15) is 0 Å². The lowest BCUT2D eigenvalue weighted by Crippen LogP contribution is -2.20. The third-order valence-electron chi connectivity index (χ3n) is 4.47. The number of hydrogen-bond acceptors (Lipinski definition) is 6. The first-order chi connectivity index (χ1) is 15.6. The summed E-state index contributed by atoms with van der Waals surface area (Å²) >= 11 is 5.95. The first-order valence-corrected chi connectivity index (χ1v) is 10.2. The van der Waals surface area contributed by atoms with Gasteiger partial charge in [0.1, 0.15) is 5.75 Å². The van der Waals surface area contributed by atoms with Gasteiger partial charge in [-0.3, -0.25) is 9.78 Å². The Kier molecular flexibility index (Phi) is 6.57. The predicted molar refractivity (Wildman–Crippen MR) is 125 cm³/mol. The monoisotopic (exact) mass is 445 g/mol. The van der Waals surface area contributed by atoms with Gasteiger partial charge in [0.2, 0.25) is 5.95 Å². The van der Waals surface area contributed by atoms with E-state index >= 15 is 0 Å². The summed E-state index contributed by atoms with van der Waals surface area (Å²) in [4.78, 5) is 25.5. The number of benzene rings is 2. The van der Waals surface area contributed by atoms with Crippen LogP contribution in [0.1, 0.15) is 5.56 Å². The Hall–Kier alpha value is -3.97. The average molecular weight is 446 g/mol. The van der Waals surface area contributed by atoms with Crippen LogP contribution in [0.5, 0.6) is 5.75 Å². The van der Waals surface area contributed by atoms with Gasteiger partial charge in [-0.1, -0.05) is 23.7 Å². The second-order valence-corrected chi connectivity index (χ2v) is 7.41. The number of carbonyl (C=O) groups excluding carboxylic acids is 1. The zero-order valence-electron chi connectivity index (χ0n) is 17.2. The number of ether oxygens (including phenoxy) is 1. The van der Waals surface area contributed by atoms with E-state index in [4.69, 9.17) is 16.3 Å². The van der Waals surface area contributed by atoms with Crippen molar-refractivity contribution in [1.82, 2.24) is 15.0 Å². The van der Waals surface area contributed by atoms with Crippen LogP contribution in [0.3, 0.4) is 0 Å². The summed E-state index contributed by atoms with van der Waals surface area (Å²) < 4.78 is 5.52. The van der Waals surface area contributed by atoms with Crippen LogP contribution in [0.4, 0.5) is 17.3 Å². The number of amides is 1. The van der Waals surface area contributed by atoms with Gasteiger partial charge >= 0.3 is 0 Å². The van der Waals surface area contributed by atoms with Crippen LogP contribution in [-0.2, 0) is 4.79 Å². The molecule has 0 radical (unpaired) electrons. The highest BCUT2D eigenvalue weighted by Gasteiger charge is 2.11. The molecule has 4 aromatic rings. The molecule has 0 aliphatic heterocycles. The Morgan fingerprint density at radius 2 is 1.94 bits per heavy atom. The Morgan fingerprint density at radius 3 is 2.75 bits per heavy atom. The average Bonchev–Trinajstić information content (AvgIpc) is 2.80. The largest absolute Gasteiger partial charge is 0.484 e. The molecule has 4 rings (SSSR count). The molecule has 160 valence electrons. The summed E-state index contributed by atoms with van der Waals surface area (Å²) in [6, 6.07) is 18.1. The molecule has 8 heteroatoms. The van der Waals surface area contributed by atoms with Crippen LogP contribution < -0.4 is 15.4 Å². The molecular weight excluding hydrogens is 426 g/mol. The van der Waals surface area contributed by atoms with E-state index in [2.05, 4.69) is 25.6 Å². The molecule has 2 N–H and O–H groups in total. The van der Waals surface area contributed by atoms with Gasteiger partial charge in [-0.05, 0) is 61.0 Å². The first kappa shape index (κ1) is 21.3. The maximum atomic E-state index is 12.5. The number of aryl methyl sites for hydroxylation is 1. The maximum absolute atomic E-state index is 12.5. The lowest BCUT2D eigenvalue weighted by atomic mass is 10.2. The first-order valence-electron chi connectivity index (χ1n) is 9.86. The minimum absolute atomic E-state index is 0.152. The lowest BCUT2D eigenvalue weighted by molar-refractivity contribution is -0.118. The Bertz CT molecular complexity index is 1230. The Balaban J connectivity index is 1.48. The highest BCUT2D eigenvalue weighted by Crippen LogP contribution is 2.26. The van der Waals surface area contributed by atoms with Crippen molar-refractivity contribution in [2.75, 3.05) is 17.2 Å². The van der Waals surface area contributed by atoms with Crippen LogP contribution in [0.25, 0.3) is 11.3 Å². The fraction of sp³-hybridized carbons (Fsp3) is 0.0833. The van der Waals surface area contributed by atoms with E-state index in [-0.39, 0.29) is 12.5 Å². The summed E-state index contributed by atoms with van der Waals surface area (Å²) in [5, 5.41) is 6.60. The zero-order chi connectivity index (χ0) is 22.3. The minimum Gasteiger partial charge on any atom is -0.484 e. The van der Waals surface area contributed by atoms with Crippen LogP contribution in [-0.4, -0.2) is 27.5 Å². The summed E-state index contributed by atoms with van der Waals surface area (Å²) in [5.41, 5.74) is 3.90. The molecule has 1 amide bonds. The van der Waals surface area contributed by atoms with Gasteiger partial charge in [0.05, 0.1) is 17.1 Å². The molecule has 2 heterocycles. The molecule has 0 spiro atoms. The third kappa shape index (κ3) is 5.59. The van der Waals surface area contributed by atoms with Crippen LogP contribution in [0.15, 0.2) is 79.3 Å². The number of nitrogens with zero attached hydrogens (tertiary/aromatic N) is 3. The molecule has 7 nitrogen and oxygen atoms in total. The summed E-state index contributed by atoms with van der Waals surface area (Å²) in [6.45, 7) is 1.81. The van der Waals surface area contributed by atoms with Crippen molar-refractivity contribution in [3.8, 4) is 17.0 Å². The van der Waals surface area contributed by atoms with E-state index in [0.29, 0.717) is 28.1 Å². The number of halogens is 1. The van der Waals surface area contributed by atoms with Crippen LogP contribution in [0.2, 0.25) is 5.02 Å². The Labute approximate surface area is 190 Å². The zero-order valence-corrected chi connectivity index (χ0v) is 18.0. The summed E-state index contributed by atoms with van der Waals surface area (Å²) in [5.74, 6) is 0.625. The van der Waals surface area contributed by atoms with E-state index in [1.807, 2.05) is 43.3 Å². The number of carbonyl (C=O) groups is 1. The van der Waals surface area contributed by atoms with E-state index in [1.54, 1.807) is 42.9 Å². The lowest BCUT2D eigenvalue weighted by Gasteiger charge is -2.14. The number of pyridine rings is 1. The van der Waals surface area contributed by atoms with Gasteiger partial charge in [0.25, 0.3) is 5.91 Å². The molecule has 0 fully saturated rings. The second-order valence-electron chi connectivity index (χ2n) is 6.98. The molecule has 0 bridgehead atoms. The molecule has 0 saturated carbocycles. The van der Waals surface area contributed by atoms with Crippen molar-refractivity contribution >= 4 is 34.8 Å². The van der Waals surface area contributed by atoms with Crippen molar-refractivity contribution in [1.29, 1.82) is 0 Å². The Morgan fingerprint density at radius 1 is 1.03 bits per heavy atom. The molecule has 0 saturated heterocycles. The molecule has 0 atom stereocenters. The van der Waals surface area contributed by atoms with E-state index < -0.39 is 0 Å². The van der Waals surface area contributed by atoms with Crippen molar-refractivity contribution in [3.05, 3.63) is 89.8 Å². The van der Waals surface area contributed by atoms with Gasteiger partial charge in [-0.25, -0.2) is 9.97 Å². The number of rotatable bonds is 7. The highest BCUT2D eigenvalue weighted by atomic mass is 35.5. The number of anilines is 3. The molecule has 0 aliphatic carbocycles. The molecule has 2 aromatic carbocycles. The number of hydrogen-bond donors (Lipinski definition) is 2. The van der Waals surface area contributed by atoms with E-state index in [0.717, 1.165) is 16.8 Å². The second kappa shape index (κ2) is 9.89. The fourth-order valence-corrected chi connectivity index (χ4v) is 3.16. The maximum Gasteiger partial charge on any atom is 0.262 e. The number of aromatic nitrogens is 3. The van der Waals surface area contributed by atoms with Gasteiger partial charge in [0.15, 0.2) is 6.61 Å². The third-order valence-corrected chi connectivity index (χ3v) is 4.71. The summed E-state index contributed by atoms with van der Waals surface area (Å²) in [7, 11) is 0. The predicted octanol–water partition coefficient (Wildman–Crippen LogP) is 5.26. The van der Waals surface area contributed by atoms with Gasteiger partial charge in [-0.15, -0.1) is 0 Å². The topological polar surface area (TPSA) is 89.0 Å². The van der Waals surface area contributed by atoms with Crippen LogP contribution >= 0.6 is 11.6 Å². The fourth-order valence-electron chi connectivity index (χ4n) is 2.98. The molecular formula is C24H20ClN5O2. The normalized spacial score (nSPS) is 10.4. The van der Waals surface area contributed by atoms with E-state index in [1.165, 1.54) is 0 Å². The molecule has 0 aliphatic rings. The van der Waals surface area contributed by atoms with E-state index in [9.17, 15) is 4.79 Å². The molecule has 0 unspecified atom stereocenters. The van der Waals surface area contributed by atoms with Crippen LogP contribution in [0, 0.1) is 6.92 Å². The van der Waals surface area contributed by atoms with Crippen molar-refractivity contribution < 1.29 is 9.53 Å². The highest BCUT2D eigenvalue weighted by molar-refractivity contribution is 6.30. The quantitative estimate of drug-likeness (QED) is 0.403. The molecule has 2 aromatic heterocycles. The SMILES string of the molecule is Cc1ccc(NC(=O)COc2cccc(Cl)c2)c(Nc2nccc(-c3cccnc3)n2)c1. The van der Waals surface area contributed by atoms with Crippen molar-refractivity contribution in [2.24, 2.45) is 0 Å². The van der Waals surface area contributed by atoms with Gasteiger partial charge in [0, 0.05) is 29.2 Å². The van der Waals surface area contributed by atoms with Gasteiger partial charge < -0.3 is 15.4 Å². The van der Waals surface area contributed by atoms with Crippen molar-refractivity contribution in [3.63, 3.8) is 0 Å². The smallest absolute Gasteiger partial charge is 0.262 e. The van der Waals surface area contributed by atoms with Crippen molar-refractivity contribution in [2.45, 2.75) is 6.92 Å². The number of nitrogens with one attached hydrogen (secondary N) is 2.